The van der Waals surface area contributed by atoms with Gasteiger partial charge < -0.3 is 0 Å². The molecule has 0 aliphatic heterocycles. The first-order chi connectivity index (χ1) is 8.55. The van der Waals surface area contributed by atoms with Crippen LogP contribution in [0.3, 0.4) is 0 Å². The molecule has 1 fully saturated rings. The summed E-state index contributed by atoms with van der Waals surface area (Å²) in [7, 11) is 0. The van der Waals surface area contributed by atoms with Crippen LogP contribution in [0.2, 0.25) is 5.15 Å². The van der Waals surface area contributed by atoms with Crippen LogP contribution < -0.4 is 0 Å². The van der Waals surface area contributed by atoms with Crippen LogP contribution in [0.5, 0.6) is 0 Å². The van der Waals surface area contributed by atoms with Crippen LogP contribution in [0.25, 0.3) is 10.8 Å². The molecule has 1 unspecified atom stereocenters. The first-order valence-electron chi connectivity index (χ1n) is 5.97. The Bertz CT molecular complexity index is 597. The fourth-order valence-corrected chi connectivity index (χ4v) is 2.88. The Morgan fingerprint density at radius 3 is 2.83 bits per heavy atom. The van der Waals surface area contributed by atoms with E-state index < -0.39 is 5.92 Å². The van der Waals surface area contributed by atoms with Crippen molar-refractivity contribution in [1.82, 2.24) is 4.98 Å². The Morgan fingerprint density at radius 2 is 2.11 bits per heavy atom. The van der Waals surface area contributed by atoms with E-state index in [1.54, 1.807) is 6.20 Å². The molecule has 1 aliphatic carbocycles. The molecule has 1 saturated carbocycles. The molecule has 0 saturated heterocycles. The van der Waals surface area contributed by atoms with E-state index in [9.17, 15) is 8.78 Å². The molecule has 2 aromatic rings. The summed E-state index contributed by atoms with van der Waals surface area (Å²) in [6.07, 6.45) is 2.14. The Morgan fingerprint density at radius 1 is 1.28 bits per heavy atom. The summed E-state index contributed by atoms with van der Waals surface area (Å²) in [5, 5.41) is 2.28. The van der Waals surface area contributed by atoms with Crippen molar-refractivity contribution < 1.29 is 8.78 Å². The predicted molar refractivity (Wildman–Crippen MR) is 68.3 cm³/mol. The molecule has 0 amide bonds. The normalized spacial score (nSPS) is 22.5. The molecule has 1 nitrogen and oxygen atoms in total. The van der Waals surface area contributed by atoms with Gasteiger partial charge in [0.2, 0.25) is 5.92 Å². The number of alkyl halides is 2. The lowest BCUT2D eigenvalue weighted by Gasteiger charge is -2.12. The van der Waals surface area contributed by atoms with Gasteiger partial charge >= 0.3 is 0 Å². The SMILES string of the molecule is FC1(F)CCC(c2ccc3c(Cl)nccc3c2)C1. The van der Waals surface area contributed by atoms with E-state index in [4.69, 9.17) is 11.6 Å². The molecule has 1 atom stereocenters. The van der Waals surface area contributed by atoms with Gasteiger partial charge in [0.1, 0.15) is 5.15 Å². The van der Waals surface area contributed by atoms with Gasteiger partial charge in [-0.2, -0.15) is 0 Å². The smallest absolute Gasteiger partial charge is 0.244 e. The number of nitrogens with zero attached hydrogens (tertiary/aromatic N) is 1. The number of benzene rings is 1. The fraction of sp³-hybridized carbons (Fsp3) is 0.357. The third kappa shape index (κ3) is 2.07. The summed E-state index contributed by atoms with van der Waals surface area (Å²) in [4.78, 5) is 4.00. The zero-order chi connectivity index (χ0) is 12.8. The molecule has 0 bridgehead atoms. The molecule has 1 heterocycles. The zero-order valence-electron chi connectivity index (χ0n) is 9.67. The highest BCUT2D eigenvalue weighted by molar-refractivity contribution is 6.34. The third-order valence-electron chi connectivity index (χ3n) is 3.61. The van der Waals surface area contributed by atoms with Crippen LogP contribution in [0.15, 0.2) is 30.5 Å². The quantitative estimate of drug-likeness (QED) is 0.677. The predicted octanol–water partition coefficient (Wildman–Crippen LogP) is 4.79. The van der Waals surface area contributed by atoms with E-state index in [0.717, 1.165) is 16.3 Å². The number of halogens is 3. The van der Waals surface area contributed by atoms with Gasteiger partial charge in [0.15, 0.2) is 0 Å². The van der Waals surface area contributed by atoms with Gasteiger partial charge in [0.05, 0.1) is 0 Å². The largest absolute Gasteiger partial charge is 0.248 e. The lowest BCUT2D eigenvalue weighted by molar-refractivity contribution is 0.00777. The van der Waals surface area contributed by atoms with E-state index in [2.05, 4.69) is 4.98 Å². The van der Waals surface area contributed by atoms with E-state index in [-0.39, 0.29) is 18.8 Å². The second-order valence-electron chi connectivity index (χ2n) is 4.88. The minimum absolute atomic E-state index is 0.00714. The summed E-state index contributed by atoms with van der Waals surface area (Å²) in [5.74, 6) is -2.55. The molecule has 0 N–H and O–H groups in total. The van der Waals surface area contributed by atoms with Crippen molar-refractivity contribution >= 4 is 22.4 Å². The minimum Gasteiger partial charge on any atom is -0.244 e. The van der Waals surface area contributed by atoms with Crippen molar-refractivity contribution in [2.24, 2.45) is 0 Å². The molecule has 94 valence electrons. The average Bonchev–Trinajstić information content (AvgIpc) is 2.70. The minimum atomic E-state index is -2.50. The highest BCUT2D eigenvalue weighted by Gasteiger charge is 2.39. The second-order valence-corrected chi connectivity index (χ2v) is 5.24. The molecule has 1 aromatic carbocycles. The van der Waals surface area contributed by atoms with Crippen LogP contribution in [-0.4, -0.2) is 10.9 Å². The first kappa shape index (κ1) is 11.8. The van der Waals surface area contributed by atoms with Crippen molar-refractivity contribution in [1.29, 1.82) is 0 Å². The summed E-state index contributed by atoms with van der Waals surface area (Å²) < 4.78 is 26.5. The van der Waals surface area contributed by atoms with Gasteiger partial charge in [-0.15, -0.1) is 0 Å². The van der Waals surface area contributed by atoms with Crippen LogP contribution in [0.4, 0.5) is 8.78 Å². The fourth-order valence-electron chi connectivity index (χ4n) is 2.65. The molecule has 4 heteroatoms. The van der Waals surface area contributed by atoms with E-state index >= 15 is 0 Å². The van der Waals surface area contributed by atoms with Gasteiger partial charge in [-0.3, -0.25) is 0 Å². The van der Waals surface area contributed by atoms with Crippen molar-refractivity contribution in [3.63, 3.8) is 0 Å². The Kier molecular flexibility index (Phi) is 2.74. The lowest BCUT2D eigenvalue weighted by atomic mass is 9.95. The highest BCUT2D eigenvalue weighted by Crippen LogP contribution is 2.44. The summed E-state index contributed by atoms with van der Waals surface area (Å²) in [6.45, 7) is 0. The van der Waals surface area contributed by atoms with Crippen molar-refractivity contribution in [3.05, 3.63) is 41.2 Å². The third-order valence-corrected chi connectivity index (χ3v) is 3.92. The van der Waals surface area contributed by atoms with Crippen LogP contribution in [-0.2, 0) is 0 Å². The molecular weight excluding hydrogens is 256 g/mol. The average molecular weight is 268 g/mol. The van der Waals surface area contributed by atoms with Gasteiger partial charge in [-0.25, -0.2) is 13.8 Å². The zero-order valence-corrected chi connectivity index (χ0v) is 10.4. The monoisotopic (exact) mass is 267 g/mol. The number of aromatic nitrogens is 1. The van der Waals surface area contributed by atoms with Gasteiger partial charge in [0.25, 0.3) is 0 Å². The maximum absolute atomic E-state index is 13.2. The molecule has 1 aromatic heterocycles. The number of hydrogen-bond acceptors (Lipinski definition) is 1. The summed E-state index contributed by atoms with van der Waals surface area (Å²) >= 11 is 5.98. The topological polar surface area (TPSA) is 12.9 Å². The Hall–Kier alpha value is -1.22. The van der Waals surface area contributed by atoms with Gasteiger partial charge in [-0.05, 0) is 29.4 Å². The molecule has 0 radical (unpaired) electrons. The van der Waals surface area contributed by atoms with Crippen molar-refractivity contribution in [3.8, 4) is 0 Å². The molecule has 0 spiro atoms. The molecular formula is C14H12ClF2N. The molecule has 18 heavy (non-hydrogen) atoms. The summed E-state index contributed by atoms with van der Waals surface area (Å²) in [6, 6.07) is 7.57. The second kappa shape index (κ2) is 4.16. The first-order valence-corrected chi connectivity index (χ1v) is 6.35. The number of fused-ring (bicyclic) bond motifs is 1. The Balaban J connectivity index is 1.99. The Labute approximate surface area is 109 Å². The van der Waals surface area contributed by atoms with Gasteiger partial charge in [0, 0.05) is 24.4 Å². The highest BCUT2D eigenvalue weighted by atomic mass is 35.5. The van der Waals surface area contributed by atoms with E-state index in [0.29, 0.717) is 11.6 Å². The lowest BCUT2D eigenvalue weighted by Crippen LogP contribution is -2.09. The summed E-state index contributed by atoms with van der Waals surface area (Å²) in [5.41, 5.74) is 0.974. The van der Waals surface area contributed by atoms with Crippen molar-refractivity contribution in [2.75, 3.05) is 0 Å². The molecule has 1 aliphatic rings. The van der Waals surface area contributed by atoms with Crippen LogP contribution in [0.1, 0.15) is 30.7 Å². The standard InChI is InChI=1S/C14H12ClF2N/c15-13-12-2-1-9(7-10(12)4-6-18-13)11-3-5-14(16,17)8-11/h1-2,4,6-7,11H,3,5,8H2. The van der Waals surface area contributed by atoms with E-state index in [1.165, 1.54) is 0 Å². The number of hydrogen-bond donors (Lipinski definition) is 0. The van der Waals surface area contributed by atoms with Gasteiger partial charge in [-0.1, -0.05) is 29.8 Å². The number of rotatable bonds is 1. The van der Waals surface area contributed by atoms with Crippen LogP contribution >= 0.6 is 11.6 Å². The van der Waals surface area contributed by atoms with Crippen molar-refractivity contribution in [2.45, 2.75) is 31.1 Å². The maximum atomic E-state index is 13.2. The van der Waals surface area contributed by atoms with E-state index in [1.807, 2.05) is 24.3 Å². The number of pyridine rings is 1. The van der Waals surface area contributed by atoms with Crippen LogP contribution in [0, 0.1) is 0 Å². The maximum Gasteiger partial charge on any atom is 0.248 e. The molecule has 3 rings (SSSR count).